The van der Waals surface area contributed by atoms with Crippen LogP contribution in [-0.2, 0) is 20.7 Å². The van der Waals surface area contributed by atoms with E-state index in [9.17, 15) is 9.59 Å². The number of fused-ring (bicyclic) bond motifs is 3. The van der Waals surface area contributed by atoms with Gasteiger partial charge in [0.1, 0.15) is 6.61 Å². The summed E-state index contributed by atoms with van der Waals surface area (Å²) in [6.45, 7) is 0.276. The Labute approximate surface area is 123 Å². The average molecular weight is 289 g/mol. The molecule has 2 aliphatic rings. The number of benzene rings is 1. The second-order valence-corrected chi connectivity index (χ2v) is 5.69. The monoisotopic (exact) mass is 289 g/mol. The number of aliphatic carboxylic acids is 1. The highest BCUT2D eigenvalue weighted by molar-refractivity contribution is 5.84. The van der Waals surface area contributed by atoms with Crippen LogP contribution in [0.25, 0.3) is 0 Å². The zero-order chi connectivity index (χ0) is 14.8. The fourth-order valence-electron chi connectivity index (χ4n) is 3.45. The number of carboxylic acids is 1. The number of nitrogens with one attached hydrogen (secondary N) is 1. The number of aryl methyl sites for hydroxylation is 1. The van der Waals surface area contributed by atoms with Gasteiger partial charge >= 0.3 is 5.97 Å². The van der Waals surface area contributed by atoms with E-state index in [1.165, 1.54) is 11.1 Å². The van der Waals surface area contributed by atoms with Crippen molar-refractivity contribution in [3.8, 4) is 0 Å². The van der Waals surface area contributed by atoms with Crippen molar-refractivity contribution in [3.63, 3.8) is 0 Å². The van der Waals surface area contributed by atoms with Crippen LogP contribution in [0.15, 0.2) is 24.3 Å². The number of carbonyl (C=O) groups is 2. The molecule has 2 N–H and O–H groups in total. The van der Waals surface area contributed by atoms with Gasteiger partial charge in [0, 0.05) is 12.5 Å². The van der Waals surface area contributed by atoms with Gasteiger partial charge in [0.25, 0.3) is 0 Å². The first-order valence-electron chi connectivity index (χ1n) is 7.33. The van der Waals surface area contributed by atoms with E-state index in [1.807, 2.05) is 6.07 Å². The Morgan fingerprint density at radius 3 is 2.95 bits per heavy atom. The molecular weight excluding hydrogens is 270 g/mol. The number of rotatable bonds is 6. The molecule has 2 aliphatic carbocycles. The Hall–Kier alpha value is -1.88. The minimum Gasteiger partial charge on any atom is -0.480 e. The SMILES string of the molecule is O=C(O)COCCNC(=O)C1C2CCc3ccccc3C21. The van der Waals surface area contributed by atoms with Gasteiger partial charge in [-0.05, 0) is 35.8 Å². The summed E-state index contributed by atoms with van der Waals surface area (Å²) in [5.41, 5.74) is 2.70. The number of carboxylic acid groups (broad SMARTS) is 1. The number of carbonyl (C=O) groups excluding carboxylic acids is 1. The van der Waals surface area contributed by atoms with Gasteiger partial charge in [0.15, 0.2) is 0 Å². The van der Waals surface area contributed by atoms with Crippen LogP contribution >= 0.6 is 0 Å². The van der Waals surface area contributed by atoms with Gasteiger partial charge in [-0.1, -0.05) is 24.3 Å². The highest BCUT2D eigenvalue weighted by atomic mass is 16.5. The normalized spacial score (nSPS) is 25.6. The van der Waals surface area contributed by atoms with E-state index in [0.717, 1.165) is 12.8 Å². The summed E-state index contributed by atoms with van der Waals surface area (Å²) in [5, 5.41) is 11.3. The zero-order valence-corrected chi connectivity index (χ0v) is 11.7. The lowest BCUT2D eigenvalue weighted by atomic mass is 9.92. The largest absolute Gasteiger partial charge is 0.480 e. The van der Waals surface area contributed by atoms with Gasteiger partial charge in [-0.15, -0.1) is 0 Å². The predicted molar refractivity (Wildman–Crippen MR) is 75.9 cm³/mol. The first-order chi connectivity index (χ1) is 10.2. The maximum Gasteiger partial charge on any atom is 0.329 e. The third-order valence-electron chi connectivity index (χ3n) is 4.40. The highest BCUT2D eigenvalue weighted by Gasteiger charge is 2.56. The van der Waals surface area contributed by atoms with Crippen LogP contribution in [0.3, 0.4) is 0 Å². The lowest BCUT2D eigenvalue weighted by Crippen LogP contribution is -2.29. The molecule has 1 fully saturated rings. The Morgan fingerprint density at radius 2 is 2.14 bits per heavy atom. The molecule has 1 aromatic carbocycles. The average Bonchev–Trinajstić information content (AvgIpc) is 3.21. The van der Waals surface area contributed by atoms with Crippen molar-refractivity contribution < 1.29 is 19.4 Å². The molecule has 112 valence electrons. The molecule has 0 spiro atoms. The summed E-state index contributed by atoms with van der Waals surface area (Å²) in [7, 11) is 0. The molecule has 5 heteroatoms. The van der Waals surface area contributed by atoms with E-state index in [4.69, 9.17) is 9.84 Å². The van der Waals surface area contributed by atoms with Crippen molar-refractivity contribution in [2.24, 2.45) is 11.8 Å². The summed E-state index contributed by atoms with van der Waals surface area (Å²) in [4.78, 5) is 22.5. The molecule has 1 amide bonds. The fourth-order valence-corrected chi connectivity index (χ4v) is 3.45. The van der Waals surface area contributed by atoms with Crippen LogP contribution < -0.4 is 5.32 Å². The van der Waals surface area contributed by atoms with Gasteiger partial charge in [-0.25, -0.2) is 4.79 Å². The fraction of sp³-hybridized carbons (Fsp3) is 0.500. The van der Waals surface area contributed by atoms with Crippen molar-refractivity contribution in [2.45, 2.75) is 18.8 Å². The van der Waals surface area contributed by atoms with E-state index in [1.54, 1.807) is 0 Å². The summed E-state index contributed by atoms with van der Waals surface area (Å²) in [5.74, 6) is -0.00498. The van der Waals surface area contributed by atoms with Crippen molar-refractivity contribution in [1.82, 2.24) is 5.32 Å². The van der Waals surface area contributed by atoms with Crippen molar-refractivity contribution in [3.05, 3.63) is 35.4 Å². The lowest BCUT2D eigenvalue weighted by Gasteiger charge is -2.13. The lowest BCUT2D eigenvalue weighted by molar-refractivity contribution is -0.142. The molecule has 5 nitrogen and oxygen atoms in total. The van der Waals surface area contributed by atoms with Crippen LogP contribution in [0.2, 0.25) is 0 Å². The van der Waals surface area contributed by atoms with E-state index in [-0.39, 0.29) is 25.0 Å². The quantitative estimate of drug-likeness (QED) is 0.771. The molecule has 1 aromatic rings. The Kier molecular flexibility index (Phi) is 3.92. The molecular formula is C16H19NO4. The van der Waals surface area contributed by atoms with Crippen LogP contribution in [0.4, 0.5) is 0 Å². The molecule has 0 bridgehead atoms. The molecule has 3 unspecified atom stereocenters. The molecule has 3 atom stereocenters. The van der Waals surface area contributed by atoms with Gasteiger partial charge in [-0.3, -0.25) is 4.79 Å². The molecule has 0 aromatic heterocycles. The zero-order valence-electron chi connectivity index (χ0n) is 11.7. The van der Waals surface area contributed by atoms with Gasteiger partial charge in [0.2, 0.25) is 5.91 Å². The Bertz CT molecular complexity index is 557. The molecule has 0 saturated heterocycles. The second-order valence-electron chi connectivity index (χ2n) is 5.69. The van der Waals surface area contributed by atoms with E-state index in [2.05, 4.69) is 23.5 Å². The van der Waals surface area contributed by atoms with Crippen molar-refractivity contribution in [1.29, 1.82) is 0 Å². The van der Waals surface area contributed by atoms with Crippen LogP contribution in [0.5, 0.6) is 0 Å². The number of ether oxygens (including phenoxy) is 1. The van der Waals surface area contributed by atoms with E-state index < -0.39 is 5.97 Å². The summed E-state index contributed by atoms with van der Waals surface area (Å²) in [6, 6.07) is 8.37. The van der Waals surface area contributed by atoms with E-state index in [0.29, 0.717) is 18.4 Å². The highest BCUT2D eigenvalue weighted by Crippen LogP contribution is 2.59. The standard InChI is InChI=1S/C16H19NO4/c18-13(19)9-21-8-7-17-16(20)15-12-6-5-10-3-1-2-4-11(10)14(12)15/h1-4,12,14-15H,5-9H2,(H,17,20)(H,18,19). The topological polar surface area (TPSA) is 75.6 Å². The maximum atomic E-state index is 12.2. The second kappa shape index (κ2) is 5.85. The van der Waals surface area contributed by atoms with Gasteiger partial charge in [0.05, 0.1) is 6.61 Å². The van der Waals surface area contributed by atoms with Crippen molar-refractivity contribution in [2.75, 3.05) is 19.8 Å². The Balaban J connectivity index is 1.49. The van der Waals surface area contributed by atoms with E-state index >= 15 is 0 Å². The molecule has 0 radical (unpaired) electrons. The molecule has 21 heavy (non-hydrogen) atoms. The maximum absolute atomic E-state index is 12.2. The first-order valence-corrected chi connectivity index (χ1v) is 7.33. The summed E-state index contributed by atoms with van der Waals surface area (Å²) < 4.78 is 4.91. The third-order valence-corrected chi connectivity index (χ3v) is 4.40. The minimum absolute atomic E-state index is 0.0700. The smallest absolute Gasteiger partial charge is 0.329 e. The van der Waals surface area contributed by atoms with Crippen LogP contribution in [0, 0.1) is 11.8 Å². The van der Waals surface area contributed by atoms with Crippen LogP contribution in [0.1, 0.15) is 23.5 Å². The van der Waals surface area contributed by atoms with Crippen molar-refractivity contribution >= 4 is 11.9 Å². The molecule has 1 saturated carbocycles. The number of hydrogen-bond acceptors (Lipinski definition) is 3. The first kappa shape index (κ1) is 14.1. The summed E-state index contributed by atoms with van der Waals surface area (Å²) in [6.07, 6.45) is 2.14. The summed E-state index contributed by atoms with van der Waals surface area (Å²) >= 11 is 0. The number of hydrogen-bond donors (Lipinski definition) is 2. The third kappa shape index (κ3) is 2.93. The Morgan fingerprint density at radius 1 is 1.33 bits per heavy atom. The number of amides is 1. The minimum atomic E-state index is -0.994. The van der Waals surface area contributed by atoms with Gasteiger partial charge in [-0.2, -0.15) is 0 Å². The predicted octanol–water partition coefficient (Wildman–Crippen LogP) is 1.18. The van der Waals surface area contributed by atoms with Crippen LogP contribution in [-0.4, -0.2) is 36.7 Å². The molecule has 0 heterocycles. The molecule has 0 aliphatic heterocycles. The van der Waals surface area contributed by atoms with Gasteiger partial charge < -0.3 is 15.2 Å². The molecule has 3 rings (SSSR count).